The molecule has 0 aliphatic carbocycles. The van der Waals surface area contributed by atoms with E-state index in [-0.39, 0.29) is 47.6 Å². The van der Waals surface area contributed by atoms with E-state index < -0.39 is 17.9 Å². The van der Waals surface area contributed by atoms with Crippen LogP contribution in [0, 0.1) is 5.92 Å². The predicted molar refractivity (Wildman–Crippen MR) is 108 cm³/mol. The first-order chi connectivity index (χ1) is 15.3. The number of furan rings is 1. The summed E-state index contributed by atoms with van der Waals surface area (Å²) >= 11 is 0. The van der Waals surface area contributed by atoms with Gasteiger partial charge in [0.1, 0.15) is 6.29 Å². The maximum atomic E-state index is 13.7. The number of hydrogen-bond donors (Lipinski definition) is 0. The third-order valence-electron chi connectivity index (χ3n) is 6.05. The minimum absolute atomic E-state index is 0.0335. The minimum atomic E-state index is -4.61. The Morgan fingerprint density at radius 2 is 2.12 bits per heavy atom. The van der Waals surface area contributed by atoms with Gasteiger partial charge in [-0.1, -0.05) is 6.92 Å². The molecular weight excluding hydrogens is 425 g/mol. The Balaban J connectivity index is 1.61. The van der Waals surface area contributed by atoms with Gasteiger partial charge in [-0.2, -0.15) is 13.2 Å². The van der Waals surface area contributed by atoms with Crippen molar-refractivity contribution in [3.05, 3.63) is 35.3 Å². The summed E-state index contributed by atoms with van der Waals surface area (Å²) in [5.74, 6) is 0.278. The van der Waals surface area contributed by atoms with Crippen LogP contribution in [0.15, 0.2) is 22.8 Å². The second-order valence-electron chi connectivity index (χ2n) is 8.47. The molecule has 2 unspecified atom stereocenters. The largest absolute Gasteiger partial charge is 0.461 e. The van der Waals surface area contributed by atoms with Crippen LogP contribution in [0.5, 0.6) is 0 Å². The molecule has 10 heteroatoms. The molecule has 172 valence electrons. The van der Waals surface area contributed by atoms with Crippen molar-refractivity contribution in [1.29, 1.82) is 0 Å². The first-order valence-corrected chi connectivity index (χ1v) is 10.7. The lowest BCUT2D eigenvalue weighted by Crippen LogP contribution is -2.55. The van der Waals surface area contributed by atoms with Crippen LogP contribution in [0.2, 0.25) is 0 Å². The Labute approximate surface area is 183 Å². The summed E-state index contributed by atoms with van der Waals surface area (Å²) in [5.41, 5.74) is -0.570. The van der Waals surface area contributed by atoms with Gasteiger partial charge in [0.25, 0.3) is 0 Å². The van der Waals surface area contributed by atoms with Crippen molar-refractivity contribution in [2.45, 2.75) is 51.4 Å². The number of hydrogen-bond acceptors (Lipinski definition) is 6. The fourth-order valence-corrected chi connectivity index (χ4v) is 4.57. The van der Waals surface area contributed by atoms with Crippen molar-refractivity contribution in [1.82, 2.24) is 19.8 Å². The van der Waals surface area contributed by atoms with E-state index in [2.05, 4.69) is 16.9 Å². The first kappa shape index (κ1) is 22.4. The average molecular weight is 450 g/mol. The first-order valence-electron chi connectivity index (χ1n) is 10.7. The van der Waals surface area contributed by atoms with E-state index in [1.807, 2.05) is 4.90 Å². The standard InChI is InChI=1S/C22H25F3N4O3/c1-14-11-17(21(31)29(12-14)7-2-3-9-30)28-8-6-15-16(13-28)26-20(18-5-4-10-32-18)27-19(15)22(23,24)25/h4-5,9-10,14,17H,2-3,6-8,11-13H2,1H3. The molecule has 1 saturated heterocycles. The molecule has 0 spiro atoms. The molecule has 0 saturated carbocycles. The summed E-state index contributed by atoms with van der Waals surface area (Å²) in [7, 11) is 0. The Morgan fingerprint density at radius 3 is 2.81 bits per heavy atom. The summed E-state index contributed by atoms with van der Waals surface area (Å²) in [4.78, 5) is 35.6. The monoisotopic (exact) mass is 450 g/mol. The van der Waals surface area contributed by atoms with Crippen LogP contribution < -0.4 is 0 Å². The molecule has 2 aromatic heterocycles. The average Bonchev–Trinajstić information content (AvgIpc) is 3.29. The molecule has 4 rings (SSSR count). The van der Waals surface area contributed by atoms with E-state index in [9.17, 15) is 22.8 Å². The van der Waals surface area contributed by atoms with Gasteiger partial charge >= 0.3 is 6.18 Å². The van der Waals surface area contributed by atoms with Crippen LogP contribution in [0.25, 0.3) is 11.6 Å². The van der Waals surface area contributed by atoms with Crippen LogP contribution in [0.4, 0.5) is 13.2 Å². The van der Waals surface area contributed by atoms with Crippen LogP contribution in [-0.4, -0.2) is 57.6 Å². The highest BCUT2D eigenvalue weighted by Crippen LogP contribution is 2.36. The van der Waals surface area contributed by atoms with Crippen molar-refractivity contribution in [3.63, 3.8) is 0 Å². The maximum Gasteiger partial charge on any atom is 0.433 e. The SMILES string of the molecule is CC1CC(N2CCc3c(nc(-c4ccco4)nc3C(F)(F)F)C2)C(=O)N(CCCC=O)C1. The van der Waals surface area contributed by atoms with Crippen LogP contribution in [0.1, 0.15) is 43.1 Å². The number of carbonyl (C=O) groups is 2. The maximum absolute atomic E-state index is 13.7. The number of unbranched alkanes of at least 4 members (excludes halogenated alkanes) is 1. The van der Waals surface area contributed by atoms with E-state index in [1.54, 1.807) is 11.0 Å². The second kappa shape index (κ2) is 9.01. The number of alkyl halides is 3. The van der Waals surface area contributed by atoms with Gasteiger partial charge in [-0.15, -0.1) is 0 Å². The lowest BCUT2D eigenvalue weighted by atomic mass is 9.91. The van der Waals surface area contributed by atoms with Gasteiger partial charge in [-0.05, 0) is 37.3 Å². The number of halogens is 3. The highest BCUT2D eigenvalue weighted by Gasteiger charge is 2.42. The number of rotatable bonds is 6. The van der Waals surface area contributed by atoms with Gasteiger partial charge in [0.15, 0.2) is 17.3 Å². The van der Waals surface area contributed by atoms with Crippen LogP contribution in [-0.2, 0) is 28.7 Å². The van der Waals surface area contributed by atoms with Gasteiger partial charge in [0, 0.05) is 38.2 Å². The molecule has 2 atom stereocenters. The molecule has 0 aromatic carbocycles. The third kappa shape index (κ3) is 4.55. The normalized spacial score (nSPS) is 22.1. The third-order valence-corrected chi connectivity index (χ3v) is 6.05. The molecule has 2 aliphatic heterocycles. The zero-order chi connectivity index (χ0) is 22.9. The predicted octanol–water partition coefficient (Wildman–Crippen LogP) is 3.33. The summed E-state index contributed by atoms with van der Waals surface area (Å²) < 4.78 is 46.4. The molecule has 2 aromatic rings. The summed E-state index contributed by atoms with van der Waals surface area (Å²) in [5, 5.41) is 0. The van der Waals surface area contributed by atoms with Crippen LogP contribution in [0.3, 0.4) is 0 Å². The van der Waals surface area contributed by atoms with Gasteiger partial charge in [-0.25, -0.2) is 9.97 Å². The number of nitrogens with zero attached hydrogens (tertiary/aromatic N) is 4. The molecule has 0 bridgehead atoms. The molecule has 1 amide bonds. The summed E-state index contributed by atoms with van der Waals surface area (Å²) in [6.45, 7) is 3.65. The molecule has 1 fully saturated rings. The number of aromatic nitrogens is 2. The van der Waals surface area contributed by atoms with Crippen molar-refractivity contribution in [2.75, 3.05) is 19.6 Å². The lowest BCUT2D eigenvalue weighted by Gasteiger charge is -2.42. The number of aldehydes is 1. The quantitative estimate of drug-likeness (QED) is 0.496. The van der Waals surface area contributed by atoms with Crippen LogP contribution >= 0.6 is 0 Å². The van der Waals surface area contributed by atoms with E-state index in [1.165, 1.54) is 12.3 Å². The number of carbonyl (C=O) groups excluding carboxylic acids is 2. The Morgan fingerprint density at radius 1 is 1.31 bits per heavy atom. The highest BCUT2D eigenvalue weighted by atomic mass is 19.4. The number of amides is 1. The summed E-state index contributed by atoms with van der Waals surface area (Å²) in [6, 6.07) is 2.67. The van der Waals surface area contributed by atoms with E-state index in [0.29, 0.717) is 38.9 Å². The Kier molecular flexibility index (Phi) is 6.32. The van der Waals surface area contributed by atoms with Crippen molar-refractivity contribution in [3.8, 4) is 11.6 Å². The molecule has 4 heterocycles. The summed E-state index contributed by atoms with van der Waals surface area (Å²) in [6.07, 6.45) is -0.656. The number of likely N-dealkylation sites (tertiary alicyclic amines) is 1. The zero-order valence-electron chi connectivity index (χ0n) is 17.8. The van der Waals surface area contributed by atoms with Crippen molar-refractivity contribution < 1.29 is 27.2 Å². The molecular formula is C22H25F3N4O3. The number of piperidine rings is 1. The number of fused-ring (bicyclic) bond motifs is 1. The minimum Gasteiger partial charge on any atom is -0.461 e. The molecule has 2 aliphatic rings. The van der Waals surface area contributed by atoms with E-state index in [4.69, 9.17) is 4.42 Å². The Bertz CT molecular complexity index is 978. The molecule has 7 nitrogen and oxygen atoms in total. The molecule has 0 N–H and O–H groups in total. The Hall–Kier alpha value is -2.75. The van der Waals surface area contributed by atoms with Gasteiger partial charge in [0.05, 0.1) is 18.0 Å². The fourth-order valence-electron chi connectivity index (χ4n) is 4.57. The second-order valence-corrected chi connectivity index (χ2v) is 8.47. The zero-order valence-corrected chi connectivity index (χ0v) is 17.8. The van der Waals surface area contributed by atoms with Gasteiger partial charge in [-0.3, -0.25) is 9.69 Å². The van der Waals surface area contributed by atoms with Crippen molar-refractivity contribution in [2.24, 2.45) is 5.92 Å². The topological polar surface area (TPSA) is 79.5 Å². The highest BCUT2D eigenvalue weighted by molar-refractivity contribution is 5.82. The molecule has 32 heavy (non-hydrogen) atoms. The lowest BCUT2D eigenvalue weighted by molar-refractivity contribution is -0.144. The van der Waals surface area contributed by atoms with E-state index >= 15 is 0 Å². The molecule has 0 radical (unpaired) electrons. The van der Waals surface area contributed by atoms with E-state index in [0.717, 1.165) is 6.29 Å². The van der Waals surface area contributed by atoms with Gasteiger partial charge < -0.3 is 14.1 Å². The fraction of sp³-hybridized carbons (Fsp3) is 0.545. The smallest absolute Gasteiger partial charge is 0.433 e. The van der Waals surface area contributed by atoms with Gasteiger partial charge in [0.2, 0.25) is 5.91 Å². The van der Waals surface area contributed by atoms with Crippen molar-refractivity contribution >= 4 is 12.2 Å².